The first kappa shape index (κ1) is 65.0. The molecule has 1 N–H and O–H groups in total. The van der Waals surface area contributed by atoms with Crippen LogP contribution in [0.2, 0.25) is 1.41 Å². The van der Waals surface area contributed by atoms with Gasteiger partial charge in [0.2, 0.25) is 0 Å². The molecule has 1 nitrogen and oxygen atoms in total. The van der Waals surface area contributed by atoms with Crippen LogP contribution < -0.4 is 0 Å². The molecule has 12 heavy (non-hydrogen) atoms. The molecule has 12 heteroatoms. The smallest absolute Gasteiger partial charge is 0 e. The van der Waals surface area contributed by atoms with E-state index in [4.69, 9.17) is 1.41 Å². The number of hydrogen-bond donors (Lipinski definition) is 0. The molecule has 0 aromatic carbocycles. The van der Waals surface area contributed by atoms with E-state index in [9.17, 15) is 0 Å². The van der Waals surface area contributed by atoms with Crippen molar-refractivity contribution in [3.63, 3.8) is 0 Å². The van der Waals surface area contributed by atoms with Crippen molar-refractivity contribution in [1.29, 1.82) is 0 Å². The average Bonchev–Trinajstić information content (AvgIpc) is 0.918. The van der Waals surface area contributed by atoms with Gasteiger partial charge in [-0.2, -0.15) is 0 Å². The van der Waals surface area contributed by atoms with Crippen molar-refractivity contribution in [3.8, 4) is 0 Å². The topological polar surface area (TPSA) is 23.8 Å². The Labute approximate surface area is 343 Å². The third-order valence-corrected chi connectivity index (χ3v) is 0. The minimum atomic E-state index is 0. The van der Waals surface area contributed by atoms with Crippen LogP contribution in [0.25, 0.3) is 3.94 Å². The molecule has 0 heterocycles. The second-order valence-corrected chi connectivity index (χ2v) is 0. The van der Waals surface area contributed by atoms with Gasteiger partial charge in [-0.1, -0.05) is 0 Å². The van der Waals surface area contributed by atoms with Gasteiger partial charge in [0, 0.05) is 327 Å². The third kappa shape index (κ3) is 67.9. The van der Waals surface area contributed by atoms with Crippen LogP contribution in [0.3, 0.4) is 0 Å². The summed E-state index contributed by atoms with van der Waals surface area (Å²) in [6, 6.07) is 0. The number of hydrogen-bond acceptors (Lipinski definition) is 0. The fourth-order valence-corrected chi connectivity index (χ4v) is 0. The van der Waals surface area contributed by atoms with Crippen LogP contribution in [-0.4, -0.2) is 0 Å². The first-order valence-electron chi connectivity index (χ1n) is 0.616. The van der Waals surface area contributed by atoms with E-state index in [2.05, 4.69) is 3.94 Å². The van der Waals surface area contributed by atoms with Crippen LogP contribution in [0.5, 0.6) is 0 Å². The van der Waals surface area contributed by atoms with Gasteiger partial charge in [-0.3, -0.25) is 0 Å². The summed E-state index contributed by atoms with van der Waals surface area (Å²) in [7, 11) is 0. The molecule has 0 aliphatic rings. The van der Waals surface area contributed by atoms with Gasteiger partial charge >= 0.3 is 0 Å². The molecule has 0 amide bonds. The Balaban J connectivity index is -0.000000000444. The van der Waals surface area contributed by atoms with Crippen molar-refractivity contribution in [3.05, 3.63) is 3.94 Å². The zero-order valence-electron chi connectivity index (χ0n) is 7.60. The fraction of sp³-hybridized carbons (Fsp3) is 0. The van der Waals surface area contributed by atoms with Crippen LogP contribution in [0.15, 0.2) is 0 Å². The number of nitrogens with one attached hydrogen (secondary N) is 1. The first-order chi connectivity index (χ1) is 1.41. The van der Waals surface area contributed by atoms with Gasteiger partial charge in [-0.25, -0.2) is 22.9 Å². The molecule has 0 saturated heterocycles. The zero-order valence-corrected chi connectivity index (χ0v) is 37.1. The molecule has 0 rings (SSSR count). The van der Waals surface area contributed by atoms with E-state index in [1.165, 1.54) is 0 Å². The summed E-state index contributed by atoms with van der Waals surface area (Å²) in [5.74, 6) is 0. The minimum Gasteiger partial charge on any atom is -0.616 e. The molecule has 0 fully saturated rings. The van der Waals surface area contributed by atoms with E-state index in [1.807, 2.05) is 0 Å². The summed E-state index contributed by atoms with van der Waals surface area (Å²) in [5, 5.41) is 0. The molecule has 10 radical (unpaired) electrons. The monoisotopic (exact) mass is 1030 g/mol. The molecule has 0 aromatic heterocycles. The largest absolute Gasteiger partial charge is 0.616 e. The summed E-state index contributed by atoms with van der Waals surface area (Å²) in [6.45, 7) is 0. The fourth-order valence-electron chi connectivity index (χ4n) is 0. The Hall–Kier alpha value is 11.7. The Morgan fingerprint density at radius 3 is 0.583 bits per heavy atom. The molecule has 0 aliphatic heterocycles. The zero-order chi connectivity index (χ0) is 2.71. The molecule has 0 aliphatic carbocycles. The standard InChI is InChI=1S/HIN.10Y/c1-2;;;;;;;;;;/h2H;;;;;;;;;;/q-1;;;;;;;;;;/i/hT. The van der Waals surface area contributed by atoms with E-state index >= 15 is 0 Å². The third-order valence-electron chi connectivity index (χ3n) is 0. The first-order valence-corrected chi connectivity index (χ1v) is 1.13. The molecule has 0 atom stereocenters. The van der Waals surface area contributed by atoms with Crippen LogP contribution >= 0.6 is 22.9 Å². The predicted octanol–water partition coefficient (Wildman–Crippen LogP) is 1.36. The molecule has 0 unspecified atom stereocenters. The second-order valence-electron chi connectivity index (χ2n) is 0. The number of rotatable bonds is 0. The quantitative estimate of drug-likeness (QED) is 0.328. The predicted molar refractivity (Wildman–Crippen MR) is 18.3 cm³/mol. The normalized spacial score (nSPS) is 1.58. The maximum Gasteiger partial charge on any atom is 0 e. The molecule has 44 valence electrons. The Morgan fingerprint density at radius 2 is 0.583 bits per heavy atom. The van der Waals surface area contributed by atoms with Crippen LogP contribution in [0, 0.1) is 0 Å². The summed E-state index contributed by atoms with van der Waals surface area (Å²) in [5.41, 5.74) is 0. The molecule has 0 aromatic rings. The van der Waals surface area contributed by atoms with Crippen molar-refractivity contribution in [1.82, 2.24) is 0 Å². The molecular formula is HINY10-. The SMILES string of the molecule is [3H][N-]I.[Y].[Y].[Y].[Y].[Y].[Y].[Y].[Y].[Y].[Y]. The van der Waals surface area contributed by atoms with Crippen LogP contribution in [0.4, 0.5) is 0 Å². The van der Waals surface area contributed by atoms with Gasteiger partial charge in [0.1, 0.15) is 0 Å². The van der Waals surface area contributed by atoms with E-state index in [0.717, 1.165) is 0 Å². The van der Waals surface area contributed by atoms with Gasteiger partial charge in [-0.15, -0.1) is 1.41 Å². The van der Waals surface area contributed by atoms with Gasteiger partial charge in [0.25, 0.3) is 0 Å². The Kier molecular flexibility index (Phi) is 423. The van der Waals surface area contributed by atoms with Crippen molar-refractivity contribution >= 4 is 22.9 Å². The molecular weight excluding hydrogens is 1030 g/mol. The maximum atomic E-state index is 5.82. The summed E-state index contributed by atoms with van der Waals surface area (Å²) in [4.78, 5) is 0. The Bertz CT molecular complexity index is 14.9. The van der Waals surface area contributed by atoms with E-state index in [-0.39, 0.29) is 327 Å². The minimum absolute atomic E-state index is 0. The molecule has 0 saturated carbocycles. The summed E-state index contributed by atoms with van der Waals surface area (Å²) in [6.07, 6.45) is 0. The van der Waals surface area contributed by atoms with E-state index in [0.29, 0.717) is 0 Å². The van der Waals surface area contributed by atoms with Crippen molar-refractivity contribution in [2.45, 2.75) is 0 Å². The van der Waals surface area contributed by atoms with Gasteiger partial charge < -0.3 is 3.94 Å². The van der Waals surface area contributed by atoms with Gasteiger partial charge in [0.05, 0.1) is 0 Å². The number of halogens is 1. The van der Waals surface area contributed by atoms with E-state index < -0.39 is 0 Å². The van der Waals surface area contributed by atoms with Crippen molar-refractivity contribution < 1.29 is 329 Å². The summed E-state index contributed by atoms with van der Waals surface area (Å²) < 4.78 is 8.54. The Morgan fingerprint density at radius 1 is 0.583 bits per heavy atom. The van der Waals surface area contributed by atoms with Crippen molar-refractivity contribution in [2.24, 2.45) is 0 Å². The molecule has 0 bridgehead atoms. The van der Waals surface area contributed by atoms with Crippen molar-refractivity contribution in [2.75, 3.05) is 0 Å². The van der Waals surface area contributed by atoms with Crippen LogP contribution in [0.1, 0.15) is 0 Å². The van der Waals surface area contributed by atoms with E-state index in [1.54, 1.807) is 22.9 Å². The molecule has 0 spiro atoms. The summed E-state index contributed by atoms with van der Waals surface area (Å²) >= 11 is 1.58. The van der Waals surface area contributed by atoms with Gasteiger partial charge in [-0.05, 0) is 0 Å². The second kappa shape index (κ2) is 78.0. The van der Waals surface area contributed by atoms with Crippen LogP contribution in [-0.2, 0) is 327 Å². The maximum absolute atomic E-state index is 5.82. The van der Waals surface area contributed by atoms with Gasteiger partial charge in [0.15, 0.2) is 0 Å². The average molecular weight is 1030 g/mol.